The minimum Gasteiger partial charge on any atom is -0.454 e. The molecule has 0 radical (unpaired) electrons. The number of halogens is 4. The Morgan fingerprint density at radius 2 is 1.68 bits per heavy atom. The van der Waals surface area contributed by atoms with Gasteiger partial charge in [0, 0.05) is 12.1 Å². The lowest BCUT2D eigenvalue weighted by molar-refractivity contribution is 0.442. The maximum Gasteiger partial charge on any atom is 0.165 e. The highest BCUT2D eigenvalue weighted by atomic mass is 35.5. The van der Waals surface area contributed by atoms with Gasteiger partial charge in [0.2, 0.25) is 0 Å². The minimum atomic E-state index is -0.451. The molecule has 19 heavy (non-hydrogen) atoms. The number of ether oxygens (including phenoxy) is 1. The van der Waals surface area contributed by atoms with Crippen molar-refractivity contribution in [1.29, 1.82) is 0 Å². The highest BCUT2D eigenvalue weighted by Crippen LogP contribution is 2.33. The van der Waals surface area contributed by atoms with Gasteiger partial charge in [-0.1, -0.05) is 35.3 Å². The molecule has 0 saturated heterocycles. The van der Waals surface area contributed by atoms with Gasteiger partial charge in [0.25, 0.3) is 0 Å². The molecule has 0 atom stereocenters. The van der Waals surface area contributed by atoms with Crippen molar-refractivity contribution in [2.75, 3.05) is 0 Å². The van der Waals surface area contributed by atoms with E-state index in [2.05, 4.69) is 0 Å². The van der Waals surface area contributed by atoms with Crippen LogP contribution in [0.25, 0.3) is 0 Å². The normalized spacial score (nSPS) is 9.89. The van der Waals surface area contributed by atoms with Crippen LogP contribution in [0.1, 0.15) is 5.56 Å². The fraction of sp³-hybridized carbons (Fsp3) is 0.0769. The van der Waals surface area contributed by atoms with Crippen molar-refractivity contribution in [3.63, 3.8) is 0 Å². The fourth-order valence-corrected chi connectivity index (χ4v) is 2.11. The smallest absolute Gasteiger partial charge is 0.165 e. The highest BCUT2D eigenvalue weighted by Gasteiger charge is 2.09. The molecule has 2 aromatic carbocycles. The third-order valence-corrected chi connectivity index (χ3v) is 3.06. The molecule has 0 heterocycles. The zero-order valence-corrected chi connectivity index (χ0v) is 12.0. The standard InChI is InChI=1S/C13H10Cl2FNO.ClH/c14-10-5-8(6-11(15)9(10)7-17)18-13-4-2-1-3-12(13)16;/h1-6H,7,17H2;1H. The SMILES string of the molecule is Cl.NCc1c(Cl)cc(Oc2ccccc2F)cc1Cl. The molecule has 0 amide bonds. The predicted octanol–water partition coefficient (Wildman–Crippen LogP) is 4.81. The summed E-state index contributed by atoms with van der Waals surface area (Å²) in [5, 5.41) is 0.799. The lowest BCUT2D eigenvalue weighted by Gasteiger charge is -2.10. The number of benzene rings is 2. The summed E-state index contributed by atoms with van der Waals surface area (Å²) < 4.78 is 18.8. The van der Waals surface area contributed by atoms with E-state index in [0.717, 1.165) is 0 Å². The Hall–Kier alpha value is -1.00. The fourth-order valence-electron chi connectivity index (χ4n) is 1.49. The molecule has 0 fully saturated rings. The number of para-hydroxylation sites is 1. The number of hydrogen-bond donors (Lipinski definition) is 1. The number of hydrogen-bond acceptors (Lipinski definition) is 2. The van der Waals surface area contributed by atoms with Gasteiger partial charge in [0.05, 0.1) is 10.0 Å². The van der Waals surface area contributed by atoms with Crippen LogP contribution >= 0.6 is 35.6 Å². The van der Waals surface area contributed by atoms with Crippen molar-refractivity contribution in [2.45, 2.75) is 6.54 Å². The van der Waals surface area contributed by atoms with Crippen LogP contribution in [-0.4, -0.2) is 0 Å². The van der Waals surface area contributed by atoms with Crippen molar-refractivity contribution in [1.82, 2.24) is 0 Å². The van der Waals surface area contributed by atoms with Crippen molar-refractivity contribution in [3.05, 3.63) is 57.8 Å². The van der Waals surface area contributed by atoms with E-state index in [4.69, 9.17) is 33.7 Å². The Labute approximate surface area is 126 Å². The lowest BCUT2D eigenvalue weighted by atomic mass is 10.2. The second kappa shape index (κ2) is 6.96. The van der Waals surface area contributed by atoms with Crippen LogP contribution < -0.4 is 10.5 Å². The first-order valence-electron chi connectivity index (χ1n) is 5.22. The summed E-state index contributed by atoms with van der Waals surface area (Å²) in [5.74, 6) is 0.0325. The Balaban J connectivity index is 0.00000180. The van der Waals surface area contributed by atoms with E-state index in [0.29, 0.717) is 21.4 Å². The molecule has 0 aliphatic heterocycles. The van der Waals surface area contributed by atoms with Crippen LogP contribution in [0.15, 0.2) is 36.4 Å². The molecule has 0 spiro atoms. The van der Waals surface area contributed by atoms with E-state index in [-0.39, 0.29) is 24.7 Å². The van der Waals surface area contributed by atoms with E-state index in [1.807, 2.05) is 0 Å². The van der Waals surface area contributed by atoms with Crippen LogP contribution in [0.5, 0.6) is 11.5 Å². The zero-order chi connectivity index (χ0) is 13.1. The molecular formula is C13H11Cl3FNO. The predicted molar refractivity (Wildman–Crippen MR) is 78.1 cm³/mol. The van der Waals surface area contributed by atoms with Gasteiger partial charge in [0.1, 0.15) is 5.75 Å². The molecule has 2 N–H and O–H groups in total. The van der Waals surface area contributed by atoms with Gasteiger partial charge in [-0.15, -0.1) is 12.4 Å². The molecule has 2 nitrogen and oxygen atoms in total. The molecule has 0 aliphatic rings. The zero-order valence-electron chi connectivity index (χ0n) is 9.70. The highest BCUT2D eigenvalue weighted by molar-refractivity contribution is 6.36. The molecule has 0 aliphatic carbocycles. The molecule has 102 valence electrons. The van der Waals surface area contributed by atoms with Gasteiger partial charge < -0.3 is 10.5 Å². The van der Waals surface area contributed by atoms with E-state index in [1.165, 1.54) is 12.1 Å². The summed E-state index contributed by atoms with van der Waals surface area (Å²) in [6.07, 6.45) is 0. The van der Waals surface area contributed by atoms with E-state index < -0.39 is 5.82 Å². The molecule has 6 heteroatoms. The summed E-state index contributed by atoms with van der Waals surface area (Å²) in [4.78, 5) is 0. The summed E-state index contributed by atoms with van der Waals surface area (Å²) in [7, 11) is 0. The van der Waals surface area contributed by atoms with Gasteiger partial charge in [-0.05, 0) is 24.3 Å². The number of nitrogens with two attached hydrogens (primary N) is 1. The van der Waals surface area contributed by atoms with Gasteiger partial charge in [-0.2, -0.15) is 0 Å². The molecule has 0 unspecified atom stereocenters. The average Bonchev–Trinajstić information content (AvgIpc) is 2.32. The molecule has 0 saturated carbocycles. The minimum absolute atomic E-state index is 0. The number of rotatable bonds is 3. The summed E-state index contributed by atoms with van der Waals surface area (Å²) in [6.45, 7) is 0.234. The van der Waals surface area contributed by atoms with E-state index in [1.54, 1.807) is 24.3 Å². The molecule has 0 bridgehead atoms. The van der Waals surface area contributed by atoms with Crippen LogP contribution in [0.4, 0.5) is 4.39 Å². The second-order valence-corrected chi connectivity index (χ2v) is 4.42. The van der Waals surface area contributed by atoms with Gasteiger partial charge in [-0.25, -0.2) is 4.39 Å². The van der Waals surface area contributed by atoms with E-state index in [9.17, 15) is 4.39 Å². The summed E-state index contributed by atoms with van der Waals surface area (Å²) in [5.41, 5.74) is 6.15. The first-order chi connectivity index (χ1) is 8.61. The third kappa shape index (κ3) is 3.74. The molecule has 2 aromatic rings. The largest absolute Gasteiger partial charge is 0.454 e. The van der Waals surface area contributed by atoms with Crippen LogP contribution in [0.2, 0.25) is 10.0 Å². The van der Waals surface area contributed by atoms with Crippen molar-refractivity contribution in [2.24, 2.45) is 5.73 Å². The van der Waals surface area contributed by atoms with Crippen LogP contribution in [0, 0.1) is 5.82 Å². The molecule has 0 aromatic heterocycles. The topological polar surface area (TPSA) is 35.2 Å². The Morgan fingerprint density at radius 1 is 1.11 bits per heavy atom. The molecule has 2 rings (SSSR count). The second-order valence-electron chi connectivity index (χ2n) is 3.60. The Morgan fingerprint density at radius 3 is 2.21 bits per heavy atom. The Kier molecular flexibility index (Phi) is 5.88. The summed E-state index contributed by atoms with van der Waals surface area (Å²) in [6, 6.07) is 9.21. The maximum absolute atomic E-state index is 13.4. The van der Waals surface area contributed by atoms with Gasteiger partial charge >= 0.3 is 0 Å². The van der Waals surface area contributed by atoms with Crippen LogP contribution in [0.3, 0.4) is 0 Å². The lowest BCUT2D eigenvalue weighted by Crippen LogP contribution is -1.99. The summed E-state index contributed by atoms with van der Waals surface area (Å²) >= 11 is 12.0. The van der Waals surface area contributed by atoms with Gasteiger partial charge in [0.15, 0.2) is 11.6 Å². The van der Waals surface area contributed by atoms with E-state index >= 15 is 0 Å². The Bertz CT molecular complexity index is 555. The van der Waals surface area contributed by atoms with Gasteiger partial charge in [-0.3, -0.25) is 0 Å². The van der Waals surface area contributed by atoms with Crippen molar-refractivity contribution in [3.8, 4) is 11.5 Å². The maximum atomic E-state index is 13.4. The van der Waals surface area contributed by atoms with Crippen LogP contribution in [-0.2, 0) is 6.54 Å². The third-order valence-electron chi connectivity index (χ3n) is 2.38. The van der Waals surface area contributed by atoms with Crippen molar-refractivity contribution < 1.29 is 9.13 Å². The van der Waals surface area contributed by atoms with Crippen molar-refractivity contribution >= 4 is 35.6 Å². The quantitative estimate of drug-likeness (QED) is 0.880. The average molecular weight is 323 g/mol. The first-order valence-corrected chi connectivity index (χ1v) is 5.97. The molecular weight excluding hydrogens is 312 g/mol. The monoisotopic (exact) mass is 321 g/mol. The first kappa shape index (κ1) is 16.1.